The maximum atomic E-state index is 11.0. The first-order valence-electron chi connectivity index (χ1n) is 5.58. The Kier molecular flexibility index (Phi) is 10.8. The summed E-state index contributed by atoms with van der Waals surface area (Å²) in [7, 11) is 0. The molecule has 6 nitrogen and oxygen atoms in total. The number of hydrogen-bond donors (Lipinski definition) is 1. The molecule has 0 fully saturated rings. The lowest BCUT2D eigenvalue weighted by atomic mass is 10.2. The van der Waals surface area contributed by atoms with E-state index in [0.29, 0.717) is 26.4 Å². The van der Waals surface area contributed by atoms with Crippen LogP contribution in [-0.4, -0.2) is 56.5 Å². The molecular weight excluding hydrogens is 228 g/mol. The molecule has 0 aliphatic heterocycles. The van der Waals surface area contributed by atoms with E-state index in [1.54, 1.807) is 0 Å². The van der Waals surface area contributed by atoms with Crippen LogP contribution in [0.3, 0.4) is 0 Å². The zero-order valence-corrected chi connectivity index (χ0v) is 10.1. The molecular formula is C11H20O6. The van der Waals surface area contributed by atoms with E-state index in [4.69, 9.17) is 19.3 Å². The van der Waals surface area contributed by atoms with E-state index in [1.807, 2.05) is 0 Å². The van der Waals surface area contributed by atoms with Crippen LogP contribution in [-0.2, 0) is 23.8 Å². The minimum atomic E-state index is -0.389. The van der Waals surface area contributed by atoms with Gasteiger partial charge in [0.15, 0.2) is 0 Å². The Morgan fingerprint density at radius 1 is 0.941 bits per heavy atom. The molecule has 1 N–H and O–H groups in total. The molecule has 0 aromatic carbocycles. The monoisotopic (exact) mass is 248 g/mol. The Labute approximate surface area is 101 Å². The molecule has 0 aliphatic rings. The van der Waals surface area contributed by atoms with Crippen molar-refractivity contribution in [2.75, 3.05) is 39.6 Å². The zero-order chi connectivity index (χ0) is 12.9. The van der Waals surface area contributed by atoms with E-state index < -0.39 is 0 Å². The number of esters is 1. The van der Waals surface area contributed by atoms with Gasteiger partial charge in [-0.3, -0.25) is 4.79 Å². The molecule has 0 rings (SSSR count). The van der Waals surface area contributed by atoms with Crippen molar-refractivity contribution < 1.29 is 28.9 Å². The largest absolute Gasteiger partial charge is 0.463 e. The van der Waals surface area contributed by atoms with Gasteiger partial charge in [-0.1, -0.05) is 0 Å². The molecule has 0 saturated heterocycles. The Morgan fingerprint density at radius 3 is 2.12 bits per heavy atom. The second-order valence-electron chi connectivity index (χ2n) is 3.37. The lowest BCUT2D eigenvalue weighted by molar-refractivity contribution is -0.146. The van der Waals surface area contributed by atoms with Crippen molar-refractivity contribution in [3.63, 3.8) is 0 Å². The second kappa shape index (κ2) is 11.5. The minimum Gasteiger partial charge on any atom is -0.463 e. The summed E-state index contributed by atoms with van der Waals surface area (Å²) in [4.78, 5) is 21.6. The Balaban J connectivity index is 3.16. The van der Waals surface area contributed by atoms with E-state index in [-0.39, 0.29) is 37.8 Å². The summed E-state index contributed by atoms with van der Waals surface area (Å²) in [5.41, 5.74) is 0. The summed E-state index contributed by atoms with van der Waals surface area (Å²) in [5, 5.41) is 8.41. The third-order valence-electron chi connectivity index (χ3n) is 1.78. The Morgan fingerprint density at radius 2 is 1.53 bits per heavy atom. The van der Waals surface area contributed by atoms with Crippen molar-refractivity contribution in [1.29, 1.82) is 0 Å². The molecule has 6 heteroatoms. The summed E-state index contributed by atoms with van der Waals surface area (Å²) in [6, 6.07) is 0. The highest BCUT2D eigenvalue weighted by Gasteiger charge is 2.04. The van der Waals surface area contributed by atoms with Crippen LogP contribution in [0.2, 0.25) is 0 Å². The molecule has 0 aromatic heterocycles. The first-order chi connectivity index (χ1) is 8.16. The summed E-state index contributed by atoms with van der Waals surface area (Å²) >= 11 is 0. The number of ether oxygens (including phenoxy) is 3. The van der Waals surface area contributed by atoms with Gasteiger partial charge in [0.2, 0.25) is 0 Å². The van der Waals surface area contributed by atoms with E-state index >= 15 is 0 Å². The van der Waals surface area contributed by atoms with E-state index in [0.717, 1.165) is 0 Å². The quantitative estimate of drug-likeness (QED) is 0.407. The van der Waals surface area contributed by atoms with Crippen molar-refractivity contribution in [3.05, 3.63) is 0 Å². The summed E-state index contributed by atoms with van der Waals surface area (Å²) in [6.07, 6.45) is 0.337. The van der Waals surface area contributed by atoms with E-state index in [1.165, 1.54) is 6.92 Å². The van der Waals surface area contributed by atoms with Gasteiger partial charge < -0.3 is 24.1 Å². The van der Waals surface area contributed by atoms with E-state index in [9.17, 15) is 9.59 Å². The highest BCUT2D eigenvalue weighted by atomic mass is 16.6. The van der Waals surface area contributed by atoms with Crippen LogP contribution in [0.5, 0.6) is 0 Å². The average Bonchev–Trinajstić information content (AvgIpc) is 2.30. The molecule has 0 aliphatic carbocycles. The van der Waals surface area contributed by atoms with Gasteiger partial charge in [0.05, 0.1) is 39.5 Å². The predicted octanol–water partition coefficient (Wildman–Crippen LogP) is -0.0757. The van der Waals surface area contributed by atoms with Gasteiger partial charge in [-0.25, -0.2) is 0 Å². The molecule has 0 amide bonds. The zero-order valence-electron chi connectivity index (χ0n) is 10.1. The fourth-order valence-corrected chi connectivity index (χ4v) is 0.951. The van der Waals surface area contributed by atoms with Gasteiger partial charge in [0, 0.05) is 6.42 Å². The number of carbonyl (C=O) groups is 2. The maximum absolute atomic E-state index is 11.0. The van der Waals surface area contributed by atoms with Crippen LogP contribution in [0, 0.1) is 0 Å². The maximum Gasteiger partial charge on any atom is 0.306 e. The van der Waals surface area contributed by atoms with Crippen molar-refractivity contribution >= 4 is 11.8 Å². The summed E-state index contributed by atoms with van der Waals surface area (Å²) in [5.74, 6) is -0.417. The van der Waals surface area contributed by atoms with Gasteiger partial charge >= 0.3 is 5.97 Å². The van der Waals surface area contributed by atoms with Crippen LogP contribution in [0.15, 0.2) is 0 Å². The Hall–Kier alpha value is -0.980. The van der Waals surface area contributed by atoms with Gasteiger partial charge in [-0.05, 0) is 6.92 Å². The van der Waals surface area contributed by atoms with Gasteiger partial charge in [0.25, 0.3) is 0 Å². The number of ketones is 1. The number of rotatable bonds is 11. The molecule has 100 valence electrons. The van der Waals surface area contributed by atoms with Gasteiger partial charge in [-0.15, -0.1) is 0 Å². The standard InChI is InChI=1S/C11H20O6/c1-10(13)2-3-11(14)17-9-8-16-7-6-15-5-4-12/h12H,2-9H2,1H3. The van der Waals surface area contributed by atoms with Crippen molar-refractivity contribution in [2.45, 2.75) is 19.8 Å². The predicted molar refractivity (Wildman–Crippen MR) is 59.6 cm³/mol. The van der Waals surface area contributed by atoms with Crippen LogP contribution in [0.25, 0.3) is 0 Å². The lowest BCUT2D eigenvalue weighted by Crippen LogP contribution is -2.13. The molecule has 17 heavy (non-hydrogen) atoms. The summed E-state index contributed by atoms with van der Waals surface area (Å²) < 4.78 is 14.9. The molecule has 0 spiro atoms. The lowest BCUT2D eigenvalue weighted by Gasteiger charge is -2.06. The fraction of sp³-hybridized carbons (Fsp3) is 0.818. The van der Waals surface area contributed by atoms with Gasteiger partial charge in [0.1, 0.15) is 12.4 Å². The first-order valence-corrected chi connectivity index (χ1v) is 5.58. The normalized spacial score (nSPS) is 10.2. The third kappa shape index (κ3) is 13.0. The highest BCUT2D eigenvalue weighted by molar-refractivity contribution is 5.80. The number of carbonyl (C=O) groups excluding carboxylic acids is 2. The molecule has 0 unspecified atom stereocenters. The SMILES string of the molecule is CC(=O)CCC(=O)OCCOCCOCCO. The molecule has 0 atom stereocenters. The second-order valence-corrected chi connectivity index (χ2v) is 3.37. The van der Waals surface area contributed by atoms with Crippen LogP contribution < -0.4 is 0 Å². The molecule has 0 heterocycles. The highest BCUT2D eigenvalue weighted by Crippen LogP contribution is 1.93. The summed E-state index contributed by atoms with van der Waals surface area (Å²) in [6.45, 7) is 2.99. The number of aliphatic hydroxyl groups is 1. The average molecular weight is 248 g/mol. The first kappa shape index (κ1) is 16.0. The van der Waals surface area contributed by atoms with Crippen molar-refractivity contribution in [2.24, 2.45) is 0 Å². The minimum absolute atomic E-state index is 0.00619. The third-order valence-corrected chi connectivity index (χ3v) is 1.78. The molecule has 0 aromatic rings. The molecule has 0 radical (unpaired) electrons. The van der Waals surface area contributed by atoms with Crippen LogP contribution in [0.4, 0.5) is 0 Å². The number of hydrogen-bond acceptors (Lipinski definition) is 6. The smallest absolute Gasteiger partial charge is 0.306 e. The van der Waals surface area contributed by atoms with Crippen LogP contribution in [0.1, 0.15) is 19.8 Å². The topological polar surface area (TPSA) is 82.1 Å². The Bertz CT molecular complexity index is 216. The van der Waals surface area contributed by atoms with E-state index in [2.05, 4.69) is 0 Å². The number of aliphatic hydroxyl groups excluding tert-OH is 1. The van der Waals surface area contributed by atoms with Crippen molar-refractivity contribution in [3.8, 4) is 0 Å². The van der Waals surface area contributed by atoms with Gasteiger partial charge in [-0.2, -0.15) is 0 Å². The molecule has 0 bridgehead atoms. The van der Waals surface area contributed by atoms with Crippen molar-refractivity contribution in [1.82, 2.24) is 0 Å². The number of Topliss-reactive ketones (excluding diaryl/α,β-unsaturated/α-hetero) is 1. The molecule has 0 saturated carbocycles. The van der Waals surface area contributed by atoms with Crippen LogP contribution >= 0.6 is 0 Å². The fourth-order valence-electron chi connectivity index (χ4n) is 0.951.